The van der Waals surface area contributed by atoms with Crippen molar-refractivity contribution in [3.05, 3.63) is 21.9 Å². The van der Waals surface area contributed by atoms with Gasteiger partial charge in [0.1, 0.15) is 0 Å². The minimum atomic E-state index is -2.44. The first kappa shape index (κ1) is 10.7. The lowest BCUT2D eigenvalue weighted by molar-refractivity contribution is -0.0573. The molecule has 0 amide bonds. The third-order valence-electron chi connectivity index (χ3n) is 3.87. The van der Waals surface area contributed by atoms with E-state index in [9.17, 15) is 8.78 Å². The second-order valence-corrected chi connectivity index (χ2v) is 5.81. The maximum absolute atomic E-state index is 13.2. The molecule has 0 unspecified atom stereocenters. The van der Waals surface area contributed by atoms with E-state index >= 15 is 0 Å². The van der Waals surface area contributed by atoms with E-state index in [1.54, 1.807) is 11.3 Å². The molecule has 16 heavy (non-hydrogen) atoms. The Labute approximate surface area is 97.9 Å². The van der Waals surface area contributed by atoms with Crippen molar-refractivity contribution >= 4 is 11.3 Å². The Balaban J connectivity index is 1.92. The molecule has 0 radical (unpaired) electrons. The molecule has 1 spiro atoms. The van der Waals surface area contributed by atoms with E-state index in [1.807, 2.05) is 0 Å². The third kappa shape index (κ3) is 1.59. The Morgan fingerprint density at radius 3 is 2.69 bits per heavy atom. The van der Waals surface area contributed by atoms with Crippen LogP contribution in [0.25, 0.3) is 0 Å². The zero-order chi connectivity index (χ0) is 11.2. The number of thiophene rings is 1. The van der Waals surface area contributed by atoms with Crippen LogP contribution < -0.4 is 5.32 Å². The maximum Gasteiger partial charge on any atom is 0.248 e. The summed E-state index contributed by atoms with van der Waals surface area (Å²) in [7, 11) is 0. The van der Waals surface area contributed by atoms with Crippen molar-refractivity contribution in [1.82, 2.24) is 5.32 Å². The summed E-state index contributed by atoms with van der Waals surface area (Å²) in [5.74, 6) is -2.44. The highest BCUT2D eigenvalue weighted by atomic mass is 32.1. The van der Waals surface area contributed by atoms with Crippen molar-refractivity contribution in [3.8, 4) is 0 Å². The SMILES string of the molecule is FC1(F)CCC2(CC1)NCCc1ccsc12. The van der Waals surface area contributed by atoms with Crippen molar-refractivity contribution in [3.63, 3.8) is 0 Å². The van der Waals surface area contributed by atoms with Crippen molar-refractivity contribution in [2.75, 3.05) is 6.54 Å². The molecule has 1 aliphatic carbocycles. The molecule has 1 N–H and O–H groups in total. The van der Waals surface area contributed by atoms with Gasteiger partial charge in [-0.2, -0.15) is 0 Å². The van der Waals surface area contributed by atoms with Crippen LogP contribution in [0.2, 0.25) is 0 Å². The van der Waals surface area contributed by atoms with E-state index in [0.29, 0.717) is 12.8 Å². The number of halogens is 2. The standard InChI is InChI=1S/C12H15F2NS/c13-12(14)5-3-11(4-6-12)10-9(1-7-15-11)2-8-16-10/h2,8,15H,1,3-7H2. The lowest BCUT2D eigenvalue weighted by Crippen LogP contribution is -2.50. The Hall–Kier alpha value is -0.480. The van der Waals surface area contributed by atoms with E-state index in [1.165, 1.54) is 10.4 Å². The summed E-state index contributed by atoms with van der Waals surface area (Å²) >= 11 is 1.72. The lowest BCUT2D eigenvalue weighted by Gasteiger charge is -2.43. The molecule has 4 heteroatoms. The predicted molar refractivity (Wildman–Crippen MR) is 61.1 cm³/mol. The normalized spacial score (nSPS) is 26.6. The van der Waals surface area contributed by atoms with Gasteiger partial charge in [-0.25, -0.2) is 8.78 Å². The molecule has 2 heterocycles. The molecule has 0 bridgehead atoms. The number of alkyl halides is 2. The zero-order valence-electron chi connectivity index (χ0n) is 9.06. The van der Waals surface area contributed by atoms with Gasteiger partial charge < -0.3 is 5.32 Å². The van der Waals surface area contributed by atoms with Crippen LogP contribution in [0.5, 0.6) is 0 Å². The van der Waals surface area contributed by atoms with Gasteiger partial charge in [-0.15, -0.1) is 11.3 Å². The van der Waals surface area contributed by atoms with Crippen molar-refractivity contribution in [1.29, 1.82) is 0 Å². The zero-order valence-corrected chi connectivity index (χ0v) is 9.88. The Kier molecular flexibility index (Phi) is 2.33. The summed E-state index contributed by atoms with van der Waals surface area (Å²) in [6.45, 7) is 0.926. The van der Waals surface area contributed by atoms with E-state index in [0.717, 1.165) is 13.0 Å². The first-order valence-electron chi connectivity index (χ1n) is 5.81. The molecule has 0 saturated heterocycles. The van der Waals surface area contributed by atoms with E-state index < -0.39 is 5.92 Å². The number of hydrogen-bond donors (Lipinski definition) is 1. The predicted octanol–water partition coefficient (Wildman–Crippen LogP) is 3.30. The van der Waals surface area contributed by atoms with Crippen molar-refractivity contribution < 1.29 is 8.78 Å². The monoisotopic (exact) mass is 243 g/mol. The van der Waals surface area contributed by atoms with Crippen molar-refractivity contribution in [2.45, 2.75) is 43.6 Å². The topological polar surface area (TPSA) is 12.0 Å². The first-order valence-corrected chi connectivity index (χ1v) is 6.69. The second kappa shape index (κ2) is 3.50. The molecule has 1 nitrogen and oxygen atoms in total. The van der Waals surface area contributed by atoms with E-state index in [4.69, 9.17) is 0 Å². The summed E-state index contributed by atoms with van der Waals surface area (Å²) in [6.07, 6.45) is 2.24. The lowest BCUT2D eigenvalue weighted by atomic mass is 9.76. The van der Waals surface area contributed by atoms with Gasteiger partial charge in [-0.05, 0) is 36.3 Å². The highest BCUT2D eigenvalue weighted by Gasteiger charge is 2.46. The molecule has 1 aromatic heterocycles. The first-order chi connectivity index (χ1) is 7.61. The van der Waals surface area contributed by atoms with Crippen molar-refractivity contribution in [2.24, 2.45) is 0 Å². The highest BCUT2D eigenvalue weighted by molar-refractivity contribution is 7.10. The van der Waals surface area contributed by atoms with Crippen LogP contribution in [0.1, 0.15) is 36.1 Å². The summed E-state index contributed by atoms with van der Waals surface area (Å²) < 4.78 is 26.4. The van der Waals surface area contributed by atoms with Gasteiger partial charge in [0.05, 0.1) is 5.54 Å². The fraction of sp³-hybridized carbons (Fsp3) is 0.667. The molecule has 1 fully saturated rings. The minimum absolute atomic E-state index is 0.0251. The number of rotatable bonds is 0. The van der Waals surface area contributed by atoms with Crippen LogP contribution in [0.15, 0.2) is 11.4 Å². The van der Waals surface area contributed by atoms with Gasteiger partial charge in [0.25, 0.3) is 0 Å². The highest BCUT2D eigenvalue weighted by Crippen LogP contribution is 2.47. The van der Waals surface area contributed by atoms with Crippen LogP contribution in [0, 0.1) is 0 Å². The Morgan fingerprint density at radius 2 is 1.94 bits per heavy atom. The van der Waals surface area contributed by atoms with Crippen LogP contribution >= 0.6 is 11.3 Å². The third-order valence-corrected chi connectivity index (χ3v) is 5.04. The summed E-state index contributed by atoms with van der Waals surface area (Å²) in [6, 6.07) is 2.15. The van der Waals surface area contributed by atoms with Gasteiger partial charge in [0, 0.05) is 24.3 Å². The van der Waals surface area contributed by atoms with Gasteiger partial charge in [-0.3, -0.25) is 0 Å². The van der Waals surface area contributed by atoms with Gasteiger partial charge >= 0.3 is 0 Å². The quantitative estimate of drug-likeness (QED) is 0.737. The van der Waals surface area contributed by atoms with Crippen LogP contribution in [0.3, 0.4) is 0 Å². The fourth-order valence-corrected chi connectivity index (χ4v) is 4.11. The minimum Gasteiger partial charge on any atom is -0.306 e. The number of hydrogen-bond acceptors (Lipinski definition) is 2. The molecular weight excluding hydrogens is 228 g/mol. The Bertz CT molecular complexity index is 389. The molecule has 1 aromatic rings. The summed E-state index contributed by atoms with van der Waals surface area (Å²) in [5, 5.41) is 5.58. The van der Waals surface area contributed by atoms with Gasteiger partial charge in [0.2, 0.25) is 5.92 Å². The molecule has 0 atom stereocenters. The number of nitrogens with one attached hydrogen (secondary N) is 1. The summed E-state index contributed by atoms with van der Waals surface area (Å²) in [4.78, 5) is 1.31. The van der Waals surface area contributed by atoms with Gasteiger partial charge in [0.15, 0.2) is 0 Å². The maximum atomic E-state index is 13.2. The van der Waals surface area contributed by atoms with E-state index in [-0.39, 0.29) is 18.4 Å². The van der Waals surface area contributed by atoms with E-state index in [2.05, 4.69) is 16.8 Å². The summed E-state index contributed by atoms with van der Waals surface area (Å²) in [5.41, 5.74) is 1.23. The smallest absolute Gasteiger partial charge is 0.248 e. The molecule has 88 valence electrons. The fourth-order valence-electron chi connectivity index (χ4n) is 2.92. The Morgan fingerprint density at radius 1 is 1.19 bits per heavy atom. The average Bonchev–Trinajstić information content (AvgIpc) is 2.72. The van der Waals surface area contributed by atoms with Crippen LogP contribution in [-0.2, 0) is 12.0 Å². The van der Waals surface area contributed by atoms with Crippen LogP contribution in [0.4, 0.5) is 8.78 Å². The molecule has 0 aromatic carbocycles. The molecular formula is C12H15F2NS. The second-order valence-electron chi connectivity index (χ2n) is 4.89. The largest absolute Gasteiger partial charge is 0.306 e. The van der Waals surface area contributed by atoms with Crippen LogP contribution in [-0.4, -0.2) is 12.5 Å². The molecule has 3 rings (SSSR count). The number of fused-ring (bicyclic) bond motifs is 2. The molecule has 1 aliphatic heterocycles. The van der Waals surface area contributed by atoms with Gasteiger partial charge in [-0.1, -0.05) is 0 Å². The molecule has 1 saturated carbocycles. The molecule has 2 aliphatic rings. The average molecular weight is 243 g/mol.